The van der Waals surface area contributed by atoms with E-state index in [2.05, 4.69) is 5.10 Å². The van der Waals surface area contributed by atoms with Crippen LogP contribution in [0.1, 0.15) is 5.56 Å². The summed E-state index contributed by atoms with van der Waals surface area (Å²) in [6.07, 6.45) is 0.678. The second-order valence-corrected chi connectivity index (χ2v) is 2.33. The third-order valence-electron chi connectivity index (χ3n) is 1.42. The van der Waals surface area contributed by atoms with E-state index in [1.165, 1.54) is 0 Å². The van der Waals surface area contributed by atoms with Crippen LogP contribution in [0.25, 0.3) is 0 Å². The molecule has 1 aromatic rings. The van der Waals surface area contributed by atoms with E-state index in [0.717, 1.165) is 5.56 Å². The van der Waals surface area contributed by atoms with Gasteiger partial charge in [0.25, 0.3) is 5.84 Å². The molecule has 0 heterocycles. The summed E-state index contributed by atoms with van der Waals surface area (Å²) < 4.78 is 0. The molecule has 0 aliphatic heterocycles. The quantitative estimate of drug-likeness (QED) is 0.209. The Balaban J connectivity index is 2.65. The topological polar surface area (TPSA) is 66.0 Å². The Morgan fingerprint density at radius 3 is 2.45 bits per heavy atom. The van der Waals surface area contributed by atoms with Crippen LogP contribution in [0.5, 0.6) is 0 Å². The number of nitrogens with two attached hydrogens (primary N) is 2. The van der Waals surface area contributed by atoms with Gasteiger partial charge in [-0.25, -0.2) is 0 Å². The van der Waals surface area contributed by atoms with Gasteiger partial charge in [0.2, 0.25) is 0 Å². The third-order valence-corrected chi connectivity index (χ3v) is 1.42. The third kappa shape index (κ3) is 2.29. The minimum Gasteiger partial charge on any atom is -0.289 e. The van der Waals surface area contributed by atoms with Gasteiger partial charge in [0, 0.05) is 0 Å². The summed E-state index contributed by atoms with van der Waals surface area (Å²) in [6.45, 7) is 0. The molecule has 0 amide bonds. The van der Waals surface area contributed by atoms with E-state index < -0.39 is 0 Å². The minimum absolute atomic E-state index is 0.580. The molecule has 0 aliphatic carbocycles. The van der Waals surface area contributed by atoms with Crippen molar-refractivity contribution >= 4 is 5.84 Å². The lowest BCUT2D eigenvalue weighted by Crippen LogP contribution is -2.82. The molecule has 5 N–H and O–H groups in total. The highest BCUT2D eigenvalue weighted by Crippen LogP contribution is 1.97. The van der Waals surface area contributed by atoms with Crippen LogP contribution in [-0.4, -0.2) is 5.84 Å². The van der Waals surface area contributed by atoms with Gasteiger partial charge >= 0.3 is 0 Å². The lowest BCUT2D eigenvalue weighted by molar-refractivity contribution is -0.471. The van der Waals surface area contributed by atoms with Gasteiger partial charge < -0.3 is 0 Å². The van der Waals surface area contributed by atoms with Gasteiger partial charge in [-0.1, -0.05) is 30.3 Å². The maximum atomic E-state index is 5.49. The largest absolute Gasteiger partial charge is 0.289 e. The Kier molecular flexibility index (Phi) is 2.49. The highest BCUT2D eigenvalue weighted by atomic mass is 15.1. The first kappa shape index (κ1) is 7.60. The van der Waals surface area contributed by atoms with Gasteiger partial charge in [-0.15, -0.1) is 0 Å². The van der Waals surface area contributed by atoms with E-state index >= 15 is 0 Å². The fourth-order valence-electron chi connectivity index (χ4n) is 0.867. The van der Waals surface area contributed by atoms with Crippen LogP contribution in [0.2, 0.25) is 0 Å². The van der Waals surface area contributed by atoms with Crippen molar-refractivity contribution in [2.45, 2.75) is 6.42 Å². The van der Waals surface area contributed by atoms with Gasteiger partial charge in [0.05, 0.1) is 6.42 Å². The van der Waals surface area contributed by atoms with Crippen LogP contribution in [-0.2, 0) is 6.42 Å². The standard InChI is InChI=1S/C8H11N3/c9-8(11-10)6-7-4-2-1-3-5-7/h1-5H,6,10H2,(H2,9,11)/p+1. The maximum Gasteiger partial charge on any atom is 0.267 e. The van der Waals surface area contributed by atoms with E-state index in [1.54, 1.807) is 0 Å². The first-order valence-corrected chi connectivity index (χ1v) is 3.45. The molecule has 0 unspecified atom stereocenters. The summed E-state index contributed by atoms with van der Waals surface area (Å²) in [7, 11) is 0. The van der Waals surface area contributed by atoms with E-state index in [0.29, 0.717) is 12.3 Å². The summed E-state index contributed by atoms with van der Waals surface area (Å²) in [5.41, 5.74) is 6.64. The Hall–Kier alpha value is -1.51. The number of hydrogen-bond donors (Lipinski definition) is 3. The molecule has 0 aromatic heterocycles. The molecular weight excluding hydrogens is 138 g/mol. The van der Waals surface area contributed by atoms with Crippen molar-refractivity contribution in [3.63, 3.8) is 0 Å². The highest BCUT2D eigenvalue weighted by molar-refractivity contribution is 5.76. The molecule has 0 bridgehead atoms. The van der Waals surface area contributed by atoms with Gasteiger partial charge in [-0.3, -0.25) is 11.6 Å². The molecule has 0 saturated heterocycles. The summed E-state index contributed by atoms with van der Waals surface area (Å²) >= 11 is 0. The maximum absolute atomic E-state index is 5.49. The van der Waals surface area contributed by atoms with Crippen molar-refractivity contribution in [2.75, 3.05) is 0 Å². The van der Waals surface area contributed by atoms with Crippen LogP contribution in [0.15, 0.2) is 30.3 Å². The van der Waals surface area contributed by atoms with Crippen LogP contribution < -0.4 is 16.7 Å². The average molecular weight is 150 g/mol. The molecule has 0 spiro atoms. The SMILES string of the molecule is N[NH+]=C(N)Cc1ccccc1. The molecule has 1 rings (SSSR count). The monoisotopic (exact) mass is 150 g/mol. The number of hydrazine groups is 1. The fraction of sp³-hybridized carbons (Fsp3) is 0.125. The van der Waals surface area contributed by atoms with Gasteiger partial charge in [0.15, 0.2) is 0 Å². The number of hydrogen-bond acceptors (Lipinski definition) is 1. The van der Waals surface area contributed by atoms with Crippen molar-refractivity contribution in [2.24, 2.45) is 11.6 Å². The molecule has 0 fully saturated rings. The normalized spacial score (nSPS) is 11.5. The zero-order chi connectivity index (χ0) is 8.10. The van der Waals surface area contributed by atoms with Crippen LogP contribution in [0.4, 0.5) is 0 Å². The van der Waals surface area contributed by atoms with Gasteiger partial charge in [-0.2, -0.15) is 5.10 Å². The lowest BCUT2D eigenvalue weighted by atomic mass is 10.1. The molecule has 11 heavy (non-hydrogen) atoms. The second-order valence-electron chi connectivity index (χ2n) is 2.33. The van der Waals surface area contributed by atoms with E-state index in [4.69, 9.17) is 11.6 Å². The number of rotatable bonds is 2. The van der Waals surface area contributed by atoms with E-state index in [9.17, 15) is 0 Å². The smallest absolute Gasteiger partial charge is 0.267 e. The highest BCUT2D eigenvalue weighted by Gasteiger charge is 1.98. The molecule has 58 valence electrons. The van der Waals surface area contributed by atoms with Crippen molar-refractivity contribution in [3.8, 4) is 0 Å². The molecule has 1 aromatic carbocycles. The number of nitrogens with one attached hydrogen (secondary N) is 1. The Morgan fingerprint density at radius 1 is 1.27 bits per heavy atom. The molecular formula is C8H12N3+. The predicted octanol–water partition coefficient (Wildman–Crippen LogP) is -1.46. The van der Waals surface area contributed by atoms with Gasteiger partial charge in [-0.05, 0) is 5.56 Å². The Bertz CT molecular complexity index is 241. The molecule has 0 aliphatic rings. The first-order valence-electron chi connectivity index (χ1n) is 3.45. The summed E-state index contributed by atoms with van der Waals surface area (Å²) in [5, 5.41) is 2.41. The minimum atomic E-state index is 0.580. The Morgan fingerprint density at radius 2 is 1.91 bits per heavy atom. The van der Waals surface area contributed by atoms with E-state index in [-0.39, 0.29) is 0 Å². The van der Waals surface area contributed by atoms with Crippen LogP contribution >= 0.6 is 0 Å². The molecule has 3 heteroatoms. The molecule has 0 radical (unpaired) electrons. The summed E-state index contributed by atoms with van der Waals surface area (Å²) in [4.78, 5) is 0. The number of amidine groups is 1. The molecule has 0 atom stereocenters. The lowest BCUT2D eigenvalue weighted by Gasteiger charge is -1.93. The second kappa shape index (κ2) is 3.61. The zero-order valence-corrected chi connectivity index (χ0v) is 6.25. The van der Waals surface area contributed by atoms with Crippen molar-refractivity contribution in [3.05, 3.63) is 35.9 Å². The number of benzene rings is 1. The molecule has 0 saturated carbocycles. The fourth-order valence-corrected chi connectivity index (χ4v) is 0.867. The van der Waals surface area contributed by atoms with Gasteiger partial charge in [0.1, 0.15) is 0 Å². The average Bonchev–Trinajstić information content (AvgIpc) is 2.06. The predicted molar refractivity (Wildman–Crippen MR) is 44.5 cm³/mol. The van der Waals surface area contributed by atoms with Crippen molar-refractivity contribution < 1.29 is 5.10 Å². The van der Waals surface area contributed by atoms with E-state index in [1.807, 2.05) is 30.3 Å². The van der Waals surface area contributed by atoms with Crippen LogP contribution in [0, 0.1) is 0 Å². The number of hydrazone groups is 1. The van der Waals surface area contributed by atoms with Crippen molar-refractivity contribution in [1.82, 2.24) is 0 Å². The first-order chi connectivity index (χ1) is 5.33. The van der Waals surface area contributed by atoms with Crippen LogP contribution in [0.3, 0.4) is 0 Å². The van der Waals surface area contributed by atoms with Crippen molar-refractivity contribution in [1.29, 1.82) is 0 Å². The molecule has 3 nitrogen and oxygen atoms in total. The zero-order valence-electron chi connectivity index (χ0n) is 6.25. The summed E-state index contributed by atoms with van der Waals surface area (Å²) in [5.74, 6) is 5.69. The Labute approximate surface area is 65.7 Å². The summed E-state index contributed by atoms with van der Waals surface area (Å²) in [6, 6.07) is 9.92.